The summed E-state index contributed by atoms with van der Waals surface area (Å²) < 4.78 is 28.0. The number of likely N-dealkylation sites (N-methyl/N-ethyl adjacent to an activating group) is 1. The van der Waals surface area contributed by atoms with Gasteiger partial charge in [-0.25, -0.2) is 9.56 Å². The molecule has 1 aliphatic heterocycles. The highest BCUT2D eigenvalue weighted by Crippen LogP contribution is 2.49. The summed E-state index contributed by atoms with van der Waals surface area (Å²) in [5, 5.41) is 0. The van der Waals surface area contributed by atoms with Crippen LogP contribution < -0.4 is 0 Å². The fourth-order valence-corrected chi connectivity index (χ4v) is 3.16. The van der Waals surface area contributed by atoms with Gasteiger partial charge in [-0.2, -0.15) is 0 Å². The summed E-state index contributed by atoms with van der Waals surface area (Å²) >= 11 is 0. The van der Waals surface area contributed by atoms with Crippen molar-refractivity contribution in [2.24, 2.45) is 4.99 Å². The Kier molecular flexibility index (Phi) is 5.34. The van der Waals surface area contributed by atoms with Crippen LogP contribution in [0.3, 0.4) is 0 Å². The second-order valence-corrected chi connectivity index (χ2v) is 6.15. The molecule has 0 saturated heterocycles. The van der Waals surface area contributed by atoms with Gasteiger partial charge in [-0.3, -0.25) is 13.8 Å². The summed E-state index contributed by atoms with van der Waals surface area (Å²) in [6.07, 6.45) is 0. The third-order valence-corrected chi connectivity index (χ3v) is 4.47. The van der Waals surface area contributed by atoms with E-state index in [0.717, 1.165) is 0 Å². The van der Waals surface area contributed by atoms with Gasteiger partial charge in [0.15, 0.2) is 0 Å². The van der Waals surface area contributed by atoms with Gasteiger partial charge in [0.05, 0.1) is 31.0 Å². The fourth-order valence-electron chi connectivity index (χ4n) is 1.99. The summed E-state index contributed by atoms with van der Waals surface area (Å²) in [5.74, 6) is -0.0633. The smallest absolute Gasteiger partial charge is 0.388 e. The molecule has 0 spiro atoms. The Morgan fingerprint density at radius 1 is 1.23 bits per heavy atom. The van der Waals surface area contributed by atoms with Crippen LogP contribution in [0.4, 0.5) is 5.69 Å². The van der Waals surface area contributed by atoms with Gasteiger partial charge in [-0.05, 0) is 26.0 Å². The molecule has 22 heavy (non-hydrogen) atoms. The van der Waals surface area contributed by atoms with Crippen molar-refractivity contribution < 1.29 is 22.9 Å². The number of fused-ring (bicyclic) bond motifs is 1. The summed E-state index contributed by atoms with van der Waals surface area (Å²) in [4.78, 5) is 18.0. The molecular formula is C14H19N2O5P. The van der Waals surface area contributed by atoms with Crippen molar-refractivity contribution in [2.45, 2.75) is 13.8 Å². The predicted octanol–water partition coefficient (Wildman–Crippen LogP) is 3.00. The molecule has 8 heteroatoms. The first-order valence-electron chi connectivity index (χ1n) is 7.00. The maximum absolute atomic E-state index is 12.4. The Balaban J connectivity index is 2.33. The van der Waals surface area contributed by atoms with Gasteiger partial charge in [0.25, 0.3) is 5.91 Å². The zero-order valence-corrected chi connectivity index (χ0v) is 13.7. The van der Waals surface area contributed by atoms with E-state index in [-0.39, 0.29) is 31.6 Å². The first-order chi connectivity index (χ1) is 10.5. The van der Waals surface area contributed by atoms with Crippen LogP contribution in [0.25, 0.3) is 0 Å². The molecule has 2 rings (SSSR count). The van der Waals surface area contributed by atoms with E-state index >= 15 is 0 Å². The van der Waals surface area contributed by atoms with Crippen LogP contribution in [0.2, 0.25) is 0 Å². The van der Waals surface area contributed by atoms with Crippen LogP contribution in [0.1, 0.15) is 24.2 Å². The van der Waals surface area contributed by atoms with Crippen molar-refractivity contribution in [3.63, 3.8) is 0 Å². The molecule has 0 aromatic heterocycles. The topological polar surface area (TPSA) is 77.4 Å². The quantitative estimate of drug-likeness (QED) is 0.777. The van der Waals surface area contributed by atoms with Crippen LogP contribution in [-0.2, 0) is 18.1 Å². The van der Waals surface area contributed by atoms with Crippen LogP contribution in [-0.4, -0.2) is 43.5 Å². The monoisotopic (exact) mass is 326 g/mol. The van der Waals surface area contributed by atoms with Crippen LogP contribution in [0.5, 0.6) is 0 Å². The standard InChI is InChI=1S/C14H19N2O5P/c1-4-19-22(18,20-5-2)21-13-10-16(3)14(17)11-8-6-7-9-12(11)15-13/h6-9H,4-5,10H2,1-3H3. The number of phosphoric ester groups is 1. The van der Waals surface area contributed by atoms with Gasteiger partial charge < -0.3 is 9.42 Å². The van der Waals surface area contributed by atoms with Crippen LogP contribution in [0, 0.1) is 0 Å². The fraction of sp³-hybridized carbons (Fsp3) is 0.429. The minimum Gasteiger partial charge on any atom is -0.388 e. The molecule has 0 fully saturated rings. The Labute approximate surface area is 129 Å². The van der Waals surface area contributed by atoms with Crippen molar-refractivity contribution >= 4 is 25.3 Å². The van der Waals surface area contributed by atoms with E-state index in [1.54, 1.807) is 45.2 Å². The molecule has 1 aliphatic rings. The van der Waals surface area contributed by atoms with E-state index in [1.165, 1.54) is 4.90 Å². The number of rotatable bonds is 5. The molecule has 7 nitrogen and oxygen atoms in total. The van der Waals surface area contributed by atoms with Gasteiger partial charge in [-0.1, -0.05) is 12.1 Å². The van der Waals surface area contributed by atoms with Crippen LogP contribution in [0.15, 0.2) is 29.3 Å². The minimum atomic E-state index is -3.73. The van der Waals surface area contributed by atoms with E-state index in [4.69, 9.17) is 13.6 Å². The molecule has 0 aliphatic carbocycles. The van der Waals surface area contributed by atoms with E-state index < -0.39 is 7.82 Å². The van der Waals surface area contributed by atoms with Crippen molar-refractivity contribution in [3.8, 4) is 0 Å². The lowest BCUT2D eigenvalue weighted by Gasteiger charge is -2.20. The third-order valence-electron chi connectivity index (χ3n) is 2.89. The predicted molar refractivity (Wildman–Crippen MR) is 82.4 cm³/mol. The lowest BCUT2D eigenvalue weighted by Crippen LogP contribution is -2.31. The van der Waals surface area contributed by atoms with Gasteiger partial charge in [-0.15, -0.1) is 0 Å². The summed E-state index contributed by atoms with van der Waals surface area (Å²) in [6.45, 7) is 3.81. The van der Waals surface area contributed by atoms with E-state index in [9.17, 15) is 9.36 Å². The van der Waals surface area contributed by atoms with Gasteiger partial charge >= 0.3 is 7.82 Å². The maximum atomic E-state index is 12.4. The molecule has 1 aromatic rings. The van der Waals surface area contributed by atoms with Crippen molar-refractivity contribution in [1.82, 2.24) is 4.90 Å². The average molecular weight is 326 g/mol. The normalized spacial score (nSPS) is 15.1. The SMILES string of the molecule is CCOP(=O)(OCC)OC1=Nc2ccccc2C(=O)N(C)C1. The summed E-state index contributed by atoms with van der Waals surface area (Å²) in [5.41, 5.74) is 0.928. The molecule has 0 N–H and O–H groups in total. The molecule has 0 saturated carbocycles. The summed E-state index contributed by atoms with van der Waals surface area (Å²) in [7, 11) is -2.11. The molecular weight excluding hydrogens is 307 g/mol. The summed E-state index contributed by atoms with van der Waals surface area (Å²) in [6, 6.07) is 6.91. The largest absolute Gasteiger partial charge is 0.531 e. The highest BCUT2D eigenvalue weighted by molar-refractivity contribution is 7.49. The highest BCUT2D eigenvalue weighted by Gasteiger charge is 2.31. The van der Waals surface area contributed by atoms with Gasteiger partial charge in [0, 0.05) is 7.05 Å². The number of carbonyl (C=O) groups is 1. The number of amides is 1. The number of benzene rings is 1. The Morgan fingerprint density at radius 3 is 2.50 bits per heavy atom. The van der Waals surface area contributed by atoms with E-state index in [2.05, 4.69) is 4.99 Å². The first-order valence-corrected chi connectivity index (χ1v) is 8.46. The lowest BCUT2D eigenvalue weighted by molar-refractivity contribution is 0.0810. The number of carbonyl (C=O) groups excluding carboxylic acids is 1. The minimum absolute atomic E-state index is 0.0810. The molecule has 1 aromatic carbocycles. The number of aliphatic imine (C=N–C) groups is 1. The molecule has 0 unspecified atom stereocenters. The molecule has 0 atom stereocenters. The average Bonchev–Trinajstić information content (AvgIpc) is 2.57. The highest BCUT2D eigenvalue weighted by atomic mass is 31.2. The van der Waals surface area contributed by atoms with Gasteiger partial charge in [0.2, 0.25) is 5.90 Å². The Bertz CT molecular complexity index is 621. The third kappa shape index (κ3) is 3.74. The number of nitrogens with zero attached hydrogens (tertiary/aromatic N) is 2. The van der Waals surface area contributed by atoms with Crippen molar-refractivity contribution in [3.05, 3.63) is 29.8 Å². The number of phosphoric acid groups is 1. The second kappa shape index (κ2) is 7.05. The molecule has 1 heterocycles. The Morgan fingerprint density at radius 2 is 1.86 bits per heavy atom. The lowest BCUT2D eigenvalue weighted by atomic mass is 10.1. The molecule has 0 radical (unpaired) electrons. The zero-order valence-electron chi connectivity index (χ0n) is 12.8. The zero-order chi connectivity index (χ0) is 16.2. The van der Waals surface area contributed by atoms with E-state index in [0.29, 0.717) is 11.3 Å². The first kappa shape index (κ1) is 16.7. The molecule has 1 amide bonds. The second-order valence-electron chi connectivity index (χ2n) is 4.56. The van der Waals surface area contributed by atoms with Crippen LogP contribution >= 0.6 is 7.82 Å². The number of hydrogen-bond acceptors (Lipinski definition) is 6. The number of hydrogen-bond donors (Lipinski definition) is 0. The maximum Gasteiger partial charge on any atom is 0.531 e. The number of para-hydroxylation sites is 1. The van der Waals surface area contributed by atoms with Gasteiger partial charge in [0.1, 0.15) is 0 Å². The molecule has 120 valence electrons. The van der Waals surface area contributed by atoms with E-state index in [1.807, 2.05) is 0 Å². The Hall–Kier alpha value is -1.69. The van der Waals surface area contributed by atoms with Crippen molar-refractivity contribution in [1.29, 1.82) is 0 Å². The molecule has 0 bridgehead atoms. The van der Waals surface area contributed by atoms with Crippen molar-refractivity contribution in [2.75, 3.05) is 26.8 Å².